The highest BCUT2D eigenvalue weighted by Gasteiger charge is 2.50. The summed E-state index contributed by atoms with van der Waals surface area (Å²) in [6, 6.07) is 60.4. The average Bonchev–Trinajstić information content (AvgIpc) is 3.49. The molecule has 4 heteroatoms. The van der Waals surface area contributed by atoms with Gasteiger partial charge < -0.3 is 0 Å². The van der Waals surface area contributed by atoms with Crippen LogP contribution in [0.2, 0.25) is 0 Å². The van der Waals surface area contributed by atoms with Crippen molar-refractivity contribution in [3.8, 4) is 56.3 Å². The molecule has 50 heavy (non-hydrogen) atoms. The number of hydrogen-bond acceptors (Lipinski definition) is 4. The minimum absolute atomic E-state index is 0.459. The van der Waals surface area contributed by atoms with E-state index in [1.54, 1.807) is 0 Å². The Morgan fingerprint density at radius 2 is 0.940 bits per heavy atom. The molecule has 0 fully saturated rings. The van der Waals surface area contributed by atoms with Crippen LogP contribution >= 0.6 is 11.8 Å². The zero-order chi connectivity index (χ0) is 33.1. The summed E-state index contributed by atoms with van der Waals surface area (Å²) in [6.45, 7) is 0. The third kappa shape index (κ3) is 4.35. The third-order valence-corrected chi connectivity index (χ3v) is 11.2. The van der Waals surface area contributed by atoms with Crippen LogP contribution in [0.4, 0.5) is 0 Å². The summed E-state index contributed by atoms with van der Waals surface area (Å²) in [5.74, 6) is 0.650. The van der Waals surface area contributed by atoms with E-state index in [9.17, 15) is 0 Å². The van der Waals surface area contributed by atoms with E-state index >= 15 is 0 Å². The quantitative estimate of drug-likeness (QED) is 0.189. The Labute approximate surface area is 295 Å². The van der Waals surface area contributed by atoms with Crippen molar-refractivity contribution in [3.63, 3.8) is 0 Å². The molecule has 234 valence electrons. The molecule has 10 rings (SSSR count). The molecule has 1 spiro atoms. The maximum atomic E-state index is 5.18. The van der Waals surface area contributed by atoms with Crippen molar-refractivity contribution < 1.29 is 0 Å². The number of nitrogens with zero attached hydrogens (tertiary/aromatic N) is 3. The predicted molar refractivity (Wildman–Crippen MR) is 203 cm³/mol. The van der Waals surface area contributed by atoms with E-state index in [0.717, 1.165) is 39.3 Å². The zero-order valence-electron chi connectivity index (χ0n) is 27.0. The monoisotopic (exact) mass is 655 g/mol. The number of benzene rings is 6. The van der Waals surface area contributed by atoms with Crippen molar-refractivity contribution in [2.75, 3.05) is 0 Å². The first-order valence-electron chi connectivity index (χ1n) is 16.9. The Morgan fingerprint density at radius 1 is 0.400 bits per heavy atom. The van der Waals surface area contributed by atoms with Crippen molar-refractivity contribution in [2.45, 2.75) is 15.2 Å². The molecule has 0 saturated heterocycles. The van der Waals surface area contributed by atoms with Crippen molar-refractivity contribution in [1.82, 2.24) is 15.0 Å². The lowest BCUT2D eigenvalue weighted by Gasteiger charge is -2.40. The lowest BCUT2D eigenvalue weighted by atomic mass is 9.67. The van der Waals surface area contributed by atoms with Gasteiger partial charge >= 0.3 is 0 Å². The molecule has 2 aromatic heterocycles. The average molecular weight is 656 g/mol. The number of hydrogen-bond donors (Lipinski definition) is 0. The molecule has 1 aliphatic carbocycles. The molecule has 0 amide bonds. The van der Waals surface area contributed by atoms with E-state index in [2.05, 4.69) is 127 Å². The van der Waals surface area contributed by atoms with Crippen LogP contribution in [-0.2, 0) is 5.41 Å². The van der Waals surface area contributed by atoms with Gasteiger partial charge in [0.15, 0.2) is 5.82 Å². The zero-order valence-corrected chi connectivity index (χ0v) is 27.8. The summed E-state index contributed by atoms with van der Waals surface area (Å²) in [4.78, 5) is 17.9. The van der Waals surface area contributed by atoms with E-state index in [1.165, 1.54) is 43.2 Å². The van der Waals surface area contributed by atoms with E-state index in [0.29, 0.717) is 5.82 Å². The van der Waals surface area contributed by atoms with Crippen LogP contribution in [-0.4, -0.2) is 15.0 Å². The molecule has 6 aromatic carbocycles. The molecule has 0 saturated carbocycles. The third-order valence-electron chi connectivity index (χ3n) is 10.0. The van der Waals surface area contributed by atoms with E-state index < -0.39 is 5.41 Å². The van der Waals surface area contributed by atoms with E-state index in [-0.39, 0.29) is 0 Å². The van der Waals surface area contributed by atoms with Gasteiger partial charge in [0.2, 0.25) is 0 Å². The smallest absolute Gasteiger partial charge is 0.162 e. The minimum atomic E-state index is -0.459. The minimum Gasteiger partial charge on any atom is -0.255 e. The highest BCUT2D eigenvalue weighted by Crippen LogP contribution is 2.62. The lowest BCUT2D eigenvalue weighted by molar-refractivity contribution is 0.722. The van der Waals surface area contributed by atoms with Gasteiger partial charge in [0, 0.05) is 38.2 Å². The van der Waals surface area contributed by atoms with Crippen molar-refractivity contribution in [1.29, 1.82) is 0 Å². The van der Waals surface area contributed by atoms with Crippen molar-refractivity contribution in [2.24, 2.45) is 0 Å². The van der Waals surface area contributed by atoms with Gasteiger partial charge in [-0.25, -0.2) is 9.97 Å². The molecule has 0 bridgehead atoms. The Balaban J connectivity index is 1.21. The van der Waals surface area contributed by atoms with Gasteiger partial charge in [-0.3, -0.25) is 4.98 Å². The van der Waals surface area contributed by atoms with Crippen LogP contribution in [0.3, 0.4) is 0 Å². The van der Waals surface area contributed by atoms with Crippen LogP contribution in [0.5, 0.6) is 0 Å². The van der Waals surface area contributed by atoms with Crippen LogP contribution in [0.1, 0.15) is 22.3 Å². The molecular weight excluding hydrogens is 627 g/mol. The molecule has 3 nitrogen and oxygen atoms in total. The Hall–Kier alpha value is -6.10. The van der Waals surface area contributed by atoms with Crippen LogP contribution in [0.25, 0.3) is 56.3 Å². The molecule has 3 heterocycles. The van der Waals surface area contributed by atoms with Gasteiger partial charge in [-0.15, -0.1) is 0 Å². The second-order valence-corrected chi connectivity index (χ2v) is 13.8. The second-order valence-electron chi connectivity index (χ2n) is 12.7. The fraction of sp³-hybridized carbons (Fsp3) is 0.0217. The molecule has 0 N–H and O–H groups in total. The maximum Gasteiger partial charge on any atom is 0.162 e. The normalized spacial score (nSPS) is 13.3. The molecular formula is C46H29N3S. The first-order chi connectivity index (χ1) is 24.8. The summed E-state index contributed by atoms with van der Waals surface area (Å²) in [6.07, 6.45) is 1.87. The van der Waals surface area contributed by atoms with Gasteiger partial charge in [-0.05, 0) is 69.8 Å². The Kier molecular flexibility index (Phi) is 6.64. The topological polar surface area (TPSA) is 38.7 Å². The second kappa shape index (κ2) is 11.5. The number of pyridine rings is 1. The maximum absolute atomic E-state index is 5.18. The number of fused-ring (bicyclic) bond motifs is 9. The summed E-state index contributed by atoms with van der Waals surface area (Å²) >= 11 is 1.85. The van der Waals surface area contributed by atoms with Gasteiger partial charge in [0.1, 0.15) is 0 Å². The van der Waals surface area contributed by atoms with Crippen molar-refractivity contribution >= 4 is 11.8 Å². The van der Waals surface area contributed by atoms with Gasteiger partial charge in [0.25, 0.3) is 0 Å². The summed E-state index contributed by atoms with van der Waals surface area (Å²) < 4.78 is 0. The van der Waals surface area contributed by atoms with E-state index in [4.69, 9.17) is 15.0 Å². The fourth-order valence-corrected chi connectivity index (χ4v) is 9.07. The predicted octanol–water partition coefficient (Wildman–Crippen LogP) is 11.4. The lowest BCUT2D eigenvalue weighted by Crippen LogP contribution is -2.32. The Morgan fingerprint density at radius 3 is 1.60 bits per heavy atom. The standard InChI is InChI=1S/C46H29N3S/c1-3-14-30(15-4-1)40-29-41(31-16-5-2-6-17-31)49-45(48-40)35-20-13-27-47-44(35)32-25-26-43-39(28-32)46(38-23-11-12-24-42(38)50-43)36-21-9-7-18-33(36)34-19-8-10-22-37(34)46/h1-29H. The summed E-state index contributed by atoms with van der Waals surface area (Å²) in [5, 5.41) is 0. The van der Waals surface area contributed by atoms with Crippen molar-refractivity contribution in [3.05, 3.63) is 198 Å². The summed E-state index contributed by atoms with van der Waals surface area (Å²) in [7, 11) is 0. The van der Waals surface area contributed by atoms with Crippen LogP contribution in [0, 0.1) is 0 Å². The molecule has 0 radical (unpaired) electrons. The SMILES string of the molecule is c1ccc(-c2cc(-c3ccccc3)nc(-c3cccnc3-c3ccc4c(c3)C3(c5ccccc5S4)c4ccccc4-c4ccccc43)n2)cc1. The molecule has 8 aromatic rings. The number of aromatic nitrogens is 3. The first kappa shape index (κ1) is 28.9. The van der Waals surface area contributed by atoms with Gasteiger partial charge in [-0.2, -0.15) is 0 Å². The highest BCUT2D eigenvalue weighted by atomic mass is 32.2. The molecule has 0 atom stereocenters. The molecule has 2 aliphatic rings. The number of rotatable bonds is 4. The largest absolute Gasteiger partial charge is 0.255 e. The van der Waals surface area contributed by atoms with Crippen LogP contribution in [0.15, 0.2) is 186 Å². The summed E-state index contributed by atoms with van der Waals surface area (Å²) in [5.41, 5.74) is 14.0. The molecule has 0 unspecified atom stereocenters. The first-order valence-corrected chi connectivity index (χ1v) is 17.7. The van der Waals surface area contributed by atoms with Gasteiger partial charge in [-0.1, -0.05) is 145 Å². The Bertz CT molecular complexity index is 2480. The highest BCUT2D eigenvalue weighted by molar-refractivity contribution is 7.99. The van der Waals surface area contributed by atoms with Gasteiger partial charge in [0.05, 0.1) is 22.5 Å². The molecule has 1 aliphatic heterocycles. The van der Waals surface area contributed by atoms with E-state index in [1.807, 2.05) is 60.4 Å². The van der Waals surface area contributed by atoms with Crippen LogP contribution < -0.4 is 0 Å². The fourth-order valence-electron chi connectivity index (χ4n) is 7.90.